The van der Waals surface area contributed by atoms with Gasteiger partial charge in [-0.05, 0) is 65.2 Å². The van der Waals surface area contributed by atoms with Crippen LogP contribution in [0, 0.1) is 6.92 Å². The standard InChI is InChI=1S/C22H31N3O2S/c1-14-12-16(15(2)24-28(27)21(3,4)5)18-17(13-14)19(26)25(7)20(23-18)22(6)10-8-9-11-22/h12-13H,8-11H2,1-7H3. The van der Waals surface area contributed by atoms with Gasteiger partial charge in [-0.2, -0.15) is 0 Å². The van der Waals surface area contributed by atoms with Crippen molar-refractivity contribution in [3.8, 4) is 0 Å². The zero-order chi connectivity index (χ0) is 20.9. The number of aryl methyl sites for hydroxylation is 1. The van der Waals surface area contributed by atoms with Crippen LogP contribution in [0.15, 0.2) is 21.3 Å². The lowest BCUT2D eigenvalue weighted by Gasteiger charge is -2.26. The topological polar surface area (TPSA) is 70.3 Å². The molecule has 6 heteroatoms. The van der Waals surface area contributed by atoms with Gasteiger partial charge >= 0.3 is 0 Å². The molecule has 0 radical (unpaired) electrons. The van der Waals surface area contributed by atoms with E-state index in [1.807, 2.05) is 53.8 Å². The molecule has 28 heavy (non-hydrogen) atoms. The predicted octanol–water partition coefficient (Wildman–Crippen LogP) is 4.34. The average molecular weight is 402 g/mol. The minimum atomic E-state index is -1.37. The highest BCUT2D eigenvalue weighted by atomic mass is 32.2. The molecule has 0 saturated heterocycles. The molecular weight excluding hydrogens is 370 g/mol. The quantitative estimate of drug-likeness (QED) is 0.567. The van der Waals surface area contributed by atoms with Crippen molar-refractivity contribution in [1.82, 2.24) is 9.55 Å². The second kappa shape index (κ2) is 7.30. The van der Waals surface area contributed by atoms with Gasteiger partial charge in [0.25, 0.3) is 5.56 Å². The number of hydrogen-bond acceptors (Lipinski definition) is 4. The van der Waals surface area contributed by atoms with Gasteiger partial charge in [-0.1, -0.05) is 24.2 Å². The van der Waals surface area contributed by atoms with E-state index in [-0.39, 0.29) is 11.0 Å². The molecule has 1 unspecified atom stereocenters. The van der Waals surface area contributed by atoms with E-state index in [4.69, 9.17) is 4.98 Å². The number of nitrogens with zero attached hydrogens (tertiary/aromatic N) is 3. The highest BCUT2D eigenvalue weighted by Crippen LogP contribution is 2.39. The fraction of sp³-hybridized carbons (Fsp3) is 0.591. The van der Waals surface area contributed by atoms with Gasteiger partial charge in [-0.3, -0.25) is 9.36 Å². The largest absolute Gasteiger partial charge is 0.591 e. The van der Waals surface area contributed by atoms with Crippen LogP contribution in [0.5, 0.6) is 0 Å². The molecule has 1 aliphatic carbocycles. The summed E-state index contributed by atoms with van der Waals surface area (Å²) in [6, 6.07) is 3.89. The molecule has 152 valence electrons. The second-order valence-corrected chi connectivity index (χ2v) is 11.2. The summed E-state index contributed by atoms with van der Waals surface area (Å²) in [6.07, 6.45) is 4.41. The van der Waals surface area contributed by atoms with Crippen LogP contribution in [-0.4, -0.2) is 24.6 Å². The van der Waals surface area contributed by atoms with Gasteiger partial charge < -0.3 is 4.55 Å². The lowest BCUT2D eigenvalue weighted by molar-refractivity contribution is 0.435. The number of fused-ring (bicyclic) bond motifs is 1. The zero-order valence-electron chi connectivity index (χ0n) is 18.0. The summed E-state index contributed by atoms with van der Waals surface area (Å²) in [4.78, 5) is 18.2. The maximum absolute atomic E-state index is 13.2. The first-order chi connectivity index (χ1) is 12.9. The van der Waals surface area contributed by atoms with Gasteiger partial charge in [0, 0.05) is 18.0 Å². The lowest BCUT2D eigenvalue weighted by Crippen LogP contribution is -2.32. The Labute approximate surface area is 170 Å². The van der Waals surface area contributed by atoms with E-state index in [0.717, 1.165) is 42.6 Å². The molecule has 2 aromatic rings. The molecule has 0 aliphatic heterocycles. The molecule has 3 rings (SSSR count). The van der Waals surface area contributed by atoms with Crippen LogP contribution in [0.1, 0.15) is 77.3 Å². The van der Waals surface area contributed by atoms with Crippen molar-refractivity contribution >= 4 is 28.0 Å². The van der Waals surface area contributed by atoms with Crippen LogP contribution in [-0.2, 0) is 23.8 Å². The fourth-order valence-electron chi connectivity index (χ4n) is 4.03. The molecule has 1 saturated carbocycles. The third kappa shape index (κ3) is 3.77. The molecule has 0 bridgehead atoms. The van der Waals surface area contributed by atoms with Crippen LogP contribution in [0.2, 0.25) is 0 Å². The van der Waals surface area contributed by atoms with Crippen LogP contribution in [0.4, 0.5) is 0 Å². The third-order valence-electron chi connectivity index (χ3n) is 5.71. The SMILES string of the molecule is CC(=N[S+]([O-])C(C)(C)C)c1cc(C)cc2c(=O)n(C)c(C3(C)CCCC3)nc12. The maximum Gasteiger partial charge on any atom is 0.261 e. The van der Waals surface area contributed by atoms with E-state index in [1.165, 1.54) is 0 Å². The Bertz CT molecular complexity index is 995. The highest BCUT2D eigenvalue weighted by Gasteiger charge is 2.35. The number of hydrogen-bond donors (Lipinski definition) is 0. The van der Waals surface area contributed by atoms with Gasteiger partial charge in [0.1, 0.15) is 21.9 Å². The molecule has 0 spiro atoms. The normalized spacial score (nSPS) is 18.6. The monoisotopic (exact) mass is 401 g/mol. The van der Waals surface area contributed by atoms with E-state index >= 15 is 0 Å². The molecule has 5 nitrogen and oxygen atoms in total. The second-order valence-electron chi connectivity index (χ2n) is 9.31. The molecule has 1 aliphatic rings. The van der Waals surface area contributed by atoms with E-state index in [2.05, 4.69) is 11.3 Å². The van der Waals surface area contributed by atoms with Gasteiger partial charge in [0.2, 0.25) is 0 Å². The van der Waals surface area contributed by atoms with Crippen LogP contribution in [0.25, 0.3) is 10.9 Å². The van der Waals surface area contributed by atoms with Crippen molar-refractivity contribution in [3.63, 3.8) is 0 Å². The van der Waals surface area contributed by atoms with Crippen molar-refractivity contribution in [1.29, 1.82) is 0 Å². The molecule has 1 heterocycles. The van der Waals surface area contributed by atoms with Crippen molar-refractivity contribution in [2.75, 3.05) is 0 Å². The maximum atomic E-state index is 13.2. The highest BCUT2D eigenvalue weighted by molar-refractivity contribution is 7.91. The fourth-order valence-corrected chi connectivity index (χ4v) is 4.65. The van der Waals surface area contributed by atoms with E-state index in [1.54, 1.807) is 4.57 Å². The summed E-state index contributed by atoms with van der Waals surface area (Å²) in [5, 5.41) is 0.596. The number of benzene rings is 1. The molecule has 1 fully saturated rings. The van der Waals surface area contributed by atoms with Crippen molar-refractivity contribution < 1.29 is 4.55 Å². The third-order valence-corrected chi connectivity index (χ3v) is 7.19. The lowest BCUT2D eigenvalue weighted by atomic mass is 9.87. The Hall–Kier alpha value is -1.66. The first kappa shape index (κ1) is 21.1. The van der Waals surface area contributed by atoms with Crippen LogP contribution >= 0.6 is 0 Å². The molecule has 1 atom stereocenters. The Morgan fingerprint density at radius 1 is 1.29 bits per heavy atom. The van der Waals surface area contributed by atoms with E-state index < -0.39 is 16.1 Å². The minimum absolute atomic E-state index is 0.0252. The smallest absolute Gasteiger partial charge is 0.261 e. The van der Waals surface area contributed by atoms with Crippen molar-refractivity contribution in [2.24, 2.45) is 11.4 Å². The van der Waals surface area contributed by atoms with Crippen molar-refractivity contribution in [3.05, 3.63) is 39.4 Å². The van der Waals surface area contributed by atoms with Gasteiger partial charge in [-0.15, -0.1) is 0 Å². The van der Waals surface area contributed by atoms with Crippen LogP contribution < -0.4 is 5.56 Å². The Kier molecular flexibility index (Phi) is 5.49. The van der Waals surface area contributed by atoms with Gasteiger partial charge in [-0.25, -0.2) is 4.98 Å². The van der Waals surface area contributed by atoms with Crippen LogP contribution in [0.3, 0.4) is 0 Å². The Balaban J connectivity index is 2.28. The first-order valence-corrected chi connectivity index (χ1v) is 11.0. The van der Waals surface area contributed by atoms with E-state index in [0.29, 0.717) is 16.6 Å². The summed E-state index contributed by atoms with van der Waals surface area (Å²) >= 11 is -1.37. The summed E-state index contributed by atoms with van der Waals surface area (Å²) in [6.45, 7) is 11.7. The van der Waals surface area contributed by atoms with Crippen molar-refractivity contribution in [2.45, 2.75) is 77.4 Å². The van der Waals surface area contributed by atoms with Gasteiger partial charge in [0.05, 0.1) is 16.6 Å². The summed E-state index contributed by atoms with van der Waals surface area (Å²) in [5.74, 6) is 0.845. The Morgan fingerprint density at radius 2 is 1.89 bits per heavy atom. The van der Waals surface area contributed by atoms with E-state index in [9.17, 15) is 9.35 Å². The predicted molar refractivity (Wildman–Crippen MR) is 118 cm³/mol. The summed E-state index contributed by atoms with van der Waals surface area (Å²) < 4.78 is 18.3. The first-order valence-electron chi connectivity index (χ1n) is 9.93. The Morgan fingerprint density at radius 3 is 2.46 bits per heavy atom. The molecule has 1 aromatic heterocycles. The molecule has 0 amide bonds. The zero-order valence-corrected chi connectivity index (χ0v) is 18.9. The number of aromatic nitrogens is 2. The average Bonchev–Trinajstić information content (AvgIpc) is 3.04. The molecule has 1 aromatic carbocycles. The minimum Gasteiger partial charge on any atom is -0.591 e. The molecular formula is C22H31N3O2S. The number of rotatable bonds is 3. The summed E-state index contributed by atoms with van der Waals surface area (Å²) in [5.41, 5.74) is 2.99. The van der Waals surface area contributed by atoms with Gasteiger partial charge in [0.15, 0.2) is 0 Å². The summed E-state index contributed by atoms with van der Waals surface area (Å²) in [7, 11) is 1.82. The molecule has 0 N–H and O–H groups in total.